The number of aliphatic hydroxyl groups excluding tert-OH is 2. The van der Waals surface area contributed by atoms with Crippen molar-refractivity contribution in [2.24, 2.45) is 0 Å². The van der Waals surface area contributed by atoms with E-state index >= 15 is 0 Å². The van der Waals surface area contributed by atoms with Crippen LogP contribution < -0.4 is 20.1 Å². The molecule has 3 aromatic carbocycles. The van der Waals surface area contributed by atoms with E-state index in [1.807, 2.05) is 0 Å². The predicted molar refractivity (Wildman–Crippen MR) is 174 cm³/mol. The molecule has 2 atom stereocenters. The van der Waals surface area contributed by atoms with Crippen LogP contribution in [0.3, 0.4) is 0 Å². The number of fused-ring (bicyclic) bond motifs is 1. The highest BCUT2D eigenvalue weighted by atomic mass is 35.5. The van der Waals surface area contributed by atoms with E-state index in [1.54, 1.807) is 36.4 Å². The van der Waals surface area contributed by atoms with Crippen molar-refractivity contribution in [3.63, 3.8) is 0 Å². The molecule has 1 saturated heterocycles. The van der Waals surface area contributed by atoms with Crippen molar-refractivity contribution in [2.75, 3.05) is 29.6 Å². The van der Waals surface area contributed by atoms with Crippen molar-refractivity contribution in [2.45, 2.75) is 30.8 Å². The second kappa shape index (κ2) is 14.5. The monoisotopic (exact) mass is 686 g/mol. The van der Waals surface area contributed by atoms with Gasteiger partial charge < -0.3 is 30.3 Å². The second-order valence-electron chi connectivity index (χ2n) is 10.4. The summed E-state index contributed by atoms with van der Waals surface area (Å²) in [5.74, 6) is -0.327. The average molecular weight is 687 g/mol. The van der Waals surface area contributed by atoms with E-state index in [1.165, 1.54) is 24.4 Å². The maximum atomic E-state index is 13.5. The predicted octanol–water partition coefficient (Wildman–Crippen LogP) is 5.12. The molecule has 1 aliphatic rings. The summed E-state index contributed by atoms with van der Waals surface area (Å²) in [7, 11) is -2.48. The third kappa shape index (κ3) is 8.36. The Bertz CT molecular complexity index is 1920. The summed E-state index contributed by atoms with van der Waals surface area (Å²) < 4.78 is 48.7. The van der Waals surface area contributed by atoms with Gasteiger partial charge in [-0.15, -0.1) is 0 Å². The number of aromatic nitrogens is 1. The SMILES string of the molecule is N#Cc1cnc2cc(OC[C@@H](O)CO)c(NC(=O)CC3CCS(=O)(=O)S3)cc2c1Nc1ccc(OCc2cccc(F)c2)c(Cl)c1. The van der Waals surface area contributed by atoms with E-state index in [9.17, 15) is 33.1 Å². The van der Waals surface area contributed by atoms with Gasteiger partial charge in [0.2, 0.25) is 14.8 Å². The number of nitriles is 1. The Hall–Kier alpha value is -4.13. The number of nitrogens with one attached hydrogen (secondary N) is 2. The minimum Gasteiger partial charge on any atom is -0.489 e. The molecule has 1 aliphatic heterocycles. The van der Waals surface area contributed by atoms with Gasteiger partial charge in [-0.25, -0.2) is 12.8 Å². The largest absolute Gasteiger partial charge is 0.489 e. The fraction of sp³-hybridized carbons (Fsp3) is 0.258. The highest BCUT2D eigenvalue weighted by molar-refractivity contribution is 8.72. The second-order valence-corrected chi connectivity index (χ2v) is 15.3. The van der Waals surface area contributed by atoms with Gasteiger partial charge in [0, 0.05) is 35.0 Å². The maximum absolute atomic E-state index is 13.5. The molecule has 11 nitrogen and oxygen atoms in total. The zero-order valence-electron chi connectivity index (χ0n) is 24.1. The molecule has 0 saturated carbocycles. The first kappa shape index (κ1) is 33.2. The third-order valence-corrected chi connectivity index (χ3v) is 11.1. The molecule has 1 aromatic heterocycles. The first-order valence-corrected chi connectivity index (χ1v) is 17.4. The number of benzene rings is 3. The number of carbonyl (C=O) groups excluding carboxylic acids is 1. The number of rotatable bonds is 12. The minimum absolute atomic E-state index is 0.000757. The van der Waals surface area contributed by atoms with Crippen LogP contribution in [0.5, 0.6) is 11.5 Å². The van der Waals surface area contributed by atoms with Gasteiger partial charge in [0.15, 0.2) is 0 Å². The van der Waals surface area contributed by atoms with Gasteiger partial charge in [-0.2, -0.15) is 5.26 Å². The van der Waals surface area contributed by atoms with Crippen LogP contribution in [-0.4, -0.2) is 59.8 Å². The van der Waals surface area contributed by atoms with Crippen LogP contribution in [0, 0.1) is 17.1 Å². The molecule has 240 valence electrons. The van der Waals surface area contributed by atoms with Crippen LogP contribution in [0.15, 0.2) is 60.8 Å². The molecule has 46 heavy (non-hydrogen) atoms. The molecular formula is C31H28ClFN4O7S2. The van der Waals surface area contributed by atoms with E-state index in [4.69, 9.17) is 21.1 Å². The first-order valence-electron chi connectivity index (χ1n) is 14.0. The standard InChI is InChI=1S/C31H28ClFN4O7S2/c32-25-9-21(4-5-28(25)43-16-18-2-1-3-20(33)8-18)36-31-19(13-34)14-35-26-12-29(44-17-22(39)15-38)27(11-24(26)31)37-30(40)10-23-6-7-46(41,42)45-23/h1-5,8-9,11-12,14,22-23,38-39H,6-7,10,15-17H2,(H,35,36)(H,37,40)/t22-,23?/m0/s1. The summed E-state index contributed by atoms with van der Waals surface area (Å²) in [4.78, 5) is 17.4. The lowest BCUT2D eigenvalue weighted by atomic mass is 10.1. The van der Waals surface area contributed by atoms with Gasteiger partial charge in [0.25, 0.3) is 0 Å². The van der Waals surface area contributed by atoms with Gasteiger partial charge >= 0.3 is 0 Å². The summed E-state index contributed by atoms with van der Waals surface area (Å²) in [6.45, 7) is -0.728. The summed E-state index contributed by atoms with van der Waals surface area (Å²) in [5, 5.41) is 35.2. The number of aliphatic hydroxyl groups is 2. The molecule has 1 unspecified atom stereocenters. The van der Waals surface area contributed by atoms with Gasteiger partial charge in [-0.1, -0.05) is 23.7 Å². The normalized spacial score (nSPS) is 16.0. The molecule has 15 heteroatoms. The van der Waals surface area contributed by atoms with Gasteiger partial charge in [0.05, 0.1) is 39.8 Å². The first-order chi connectivity index (χ1) is 22.0. The zero-order chi connectivity index (χ0) is 32.8. The smallest absolute Gasteiger partial charge is 0.225 e. The Morgan fingerprint density at radius 2 is 2.02 bits per heavy atom. The van der Waals surface area contributed by atoms with Crippen LogP contribution in [0.2, 0.25) is 5.02 Å². The molecule has 2 heterocycles. The van der Waals surface area contributed by atoms with Gasteiger partial charge in [0.1, 0.15) is 42.7 Å². The Labute approximate surface area is 272 Å². The van der Waals surface area contributed by atoms with Gasteiger partial charge in [-0.3, -0.25) is 9.78 Å². The van der Waals surface area contributed by atoms with Crippen molar-refractivity contribution in [3.05, 3.63) is 82.8 Å². The van der Waals surface area contributed by atoms with Gasteiger partial charge in [-0.05, 0) is 59.2 Å². The lowest BCUT2D eigenvalue weighted by molar-refractivity contribution is -0.116. The molecule has 1 fully saturated rings. The number of nitrogens with zero attached hydrogens (tertiary/aromatic N) is 2. The van der Waals surface area contributed by atoms with E-state index in [0.717, 1.165) is 10.8 Å². The number of hydrogen-bond donors (Lipinski definition) is 4. The number of hydrogen-bond acceptors (Lipinski definition) is 11. The zero-order valence-corrected chi connectivity index (χ0v) is 26.5. The number of pyridine rings is 1. The van der Waals surface area contributed by atoms with Crippen molar-refractivity contribution < 1.29 is 37.3 Å². The van der Waals surface area contributed by atoms with E-state index in [2.05, 4.69) is 21.7 Å². The van der Waals surface area contributed by atoms with Crippen LogP contribution in [-0.2, 0) is 20.3 Å². The lowest BCUT2D eigenvalue weighted by Gasteiger charge is -2.18. The molecule has 0 aliphatic carbocycles. The maximum Gasteiger partial charge on any atom is 0.225 e. The summed E-state index contributed by atoms with van der Waals surface area (Å²) >= 11 is 6.49. The number of amides is 1. The van der Waals surface area contributed by atoms with E-state index < -0.39 is 32.7 Å². The van der Waals surface area contributed by atoms with Crippen LogP contribution in [0.1, 0.15) is 24.0 Å². The quantitative estimate of drug-likeness (QED) is 0.146. The Kier molecular flexibility index (Phi) is 10.5. The fourth-order valence-electron chi connectivity index (χ4n) is 4.65. The number of anilines is 3. The molecular weight excluding hydrogens is 659 g/mol. The van der Waals surface area contributed by atoms with Crippen molar-refractivity contribution in [1.82, 2.24) is 4.98 Å². The number of ether oxygens (including phenoxy) is 2. The average Bonchev–Trinajstić information content (AvgIpc) is 3.37. The molecule has 5 rings (SSSR count). The van der Waals surface area contributed by atoms with E-state index in [-0.39, 0.29) is 53.2 Å². The highest BCUT2D eigenvalue weighted by Gasteiger charge is 2.30. The van der Waals surface area contributed by atoms with Crippen LogP contribution >= 0.6 is 22.4 Å². The molecule has 4 aromatic rings. The van der Waals surface area contributed by atoms with Crippen molar-refractivity contribution in [1.29, 1.82) is 5.26 Å². The van der Waals surface area contributed by atoms with Crippen LogP contribution in [0.25, 0.3) is 10.9 Å². The lowest BCUT2D eigenvalue weighted by Crippen LogP contribution is -2.22. The number of carbonyl (C=O) groups is 1. The molecule has 0 spiro atoms. The molecule has 4 N–H and O–H groups in total. The summed E-state index contributed by atoms with van der Waals surface area (Å²) in [6.07, 6.45) is 0.473. The Morgan fingerprint density at radius 3 is 2.72 bits per heavy atom. The topological polar surface area (TPSA) is 171 Å². The molecule has 1 amide bonds. The summed E-state index contributed by atoms with van der Waals surface area (Å²) in [5.41, 5.74) is 2.24. The summed E-state index contributed by atoms with van der Waals surface area (Å²) in [6, 6.07) is 16.1. The minimum atomic E-state index is -3.26. The molecule has 0 radical (unpaired) electrons. The number of halogens is 2. The fourth-order valence-corrected chi connectivity index (χ4v) is 8.86. The van der Waals surface area contributed by atoms with Crippen LogP contribution in [0.4, 0.5) is 21.5 Å². The Morgan fingerprint density at radius 1 is 1.20 bits per heavy atom. The Balaban J connectivity index is 1.43. The highest BCUT2D eigenvalue weighted by Crippen LogP contribution is 2.38. The molecule has 0 bridgehead atoms. The van der Waals surface area contributed by atoms with Crippen molar-refractivity contribution >= 4 is 65.1 Å². The third-order valence-electron chi connectivity index (χ3n) is 6.88. The van der Waals surface area contributed by atoms with E-state index in [0.29, 0.717) is 40.0 Å². The van der Waals surface area contributed by atoms with Crippen molar-refractivity contribution in [3.8, 4) is 17.6 Å².